The van der Waals surface area contributed by atoms with Crippen LogP contribution in [0.5, 0.6) is 0 Å². The number of piperidine rings is 1. The van der Waals surface area contributed by atoms with Crippen LogP contribution >= 0.6 is 0 Å². The molecule has 1 aliphatic heterocycles. The van der Waals surface area contributed by atoms with E-state index in [-0.39, 0.29) is 5.82 Å². The minimum Gasteiger partial charge on any atom is -0.313 e. The van der Waals surface area contributed by atoms with Crippen molar-refractivity contribution in [3.63, 3.8) is 0 Å². The zero-order valence-electron chi connectivity index (χ0n) is 20.6. The lowest BCUT2D eigenvalue weighted by Gasteiger charge is -2.32. The summed E-state index contributed by atoms with van der Waals surface area (Å²) in [5.74, 6) is 0.198. The SMILES string of the molecule is [C-]#[N+]C1=Cc2c(ccc(CN3CCC(c4cn(-c5ccc(F)cc5C)c5cncnc45)CC3)c2C)C1. The summed E-state index contributed by atoms with van der Waals surface area (Å²) in [6, 6.07) is 9.36. The van der Waals surface area contributed by atoms with Gasteiger partial charge in [0.1, 0.15) is 12.1 Å². The van der Waals surface area contributed by atoms with Crippen LogP contribution in [0, 0.1) is 26.2 Å². The first-order valence-electron chi connectivity index (χ1n) is 12.5. The number of rotatable bonds is 4. The Bertz CT molecular complexity index is 1550. The van der Waals surface area contributed by atoms with Crippen molar-refractivity contribution in [2.45, 2.75) is 45.6 Å². The molecule has 0 unspecified atom stereocenters. The zero-order chi connectivity index (χ0) is 24.8. The molecule has 0 amide bonds. The van der Waals surface area contributed by atoms with Crippen molar-refractivity contribution in [3.05, 3.63) is 105 Å². The molecule has 0 saturated carbocycles. The van der Waals surface area contributed by atoms with Gasteiger partial charge in [-0.25, -0.2) is 19.2 Å². The average Bonchev–Trinajstić information content (AvgIpc) is 3.49. The van der Waals surface area contributed by atoms with Crippen LogP contribution in [0.2, 0.25) is 0 Å². The fourth-order valence-corrected chi connectivity index (χ4v) is 5.86. The largest absolute Gasteiger partial charge is 0.313 e. The first kappa shape index (κ1) is 22.6. The second kappa shape index (κ2) is 9.00. The number of benzene rings is 2. The second-order valence-electron chi connectivity index (χ2n) is 10.0. The molecule has 1 fully saturated rings. The molecule has 2 aromatic heterocycles. The maximum atomic E-state index is 13.7. The van der Waals surface area contributed by atoms with E-state index in [4.69, 9.17) is 6.57 Å². The standard InChI is InChI=1S/C30H28FN5/c1-19-12-24(31)6-7-28(19)36-17-27(30-29(36)15-33-18-34-30)21-8-10-35(11-9-21)16-23-5-4-22-13-25(32-3)14-26(22)20(23)2/h4-7,12,14-15,17-18,21H,8-11,13,16H2,1-2H3. The molecule has 6 heteroatoms. The zero-order valence-corrected chi connectivity index (χ0v) is 20.6. The number of nitrogens with zero attached hydrogens (tertiary/aromatic N) is 5. The molecular formula is C30H28FN5. The average molecular weight is 478 g/mol. The normalized spacial score (nSPS) is 16.2. The van der Waals surface area contributed by atoms with Crippen molar-refractivity contribution in [1.29, 1.82) is 0 Å². The van der Waals surface area contributed by atoms with E-state index in [0.717, 1.165) is 66.9 Å². The van der Waals surface area contributed by atoms with Crippen molar-refractivity contribution >= 4 is 17.1 Å². The van der Waals surface area contributed by atoms with Gasteiger partial charge < -0.3 is 4.57 Å². The van der Waals surface area contributed by atoms with Gasteiger partial charge in [0.15, 0.2) is 5.70 Å². The maximum Gasteiger partial charge on any atom is 0.170 e. The van der Waals surface area contributed by atoms with Gasteiger partial charge in [-0.2, -0.15) is 0 Å². The van der Waals surface area contributed by atoms with Crippen molar-refractivity contribution < 1.29 is 4.39 Å². The third-order valence-electron chi connectivity index (χ3n) is 7.88. The Morgan fingerprint density at radius 1 is 1.14 bits per heavy atom. The Morgan fingerprint density at radius 2 is 1.97 bits per heavy atom. The second-order valence-corrected chi connectivity index (χ2v) is 10.0. The summed E-state index contributed by atoms with van der Waals surface area (Å²) in [6.07, 6.45) is 10.6. The summed E-state index contributed by atoms with van der Waals surface area (Å²) < 4.78 is 15.9. The summed E-state index contributed by atoms with van der Waals surface area (Å²) >= 11 is 0. The molecule has 0 bridgehead atoms. The number of fused-ring (bicyclic) bond motifs is 2. The van der Waals surface area contributed by atoms with Crippen LogP contribution in [0.25, 0.3) is 27.6 Å². The smallest absolute Gasteiger partial charge is 0.170 e. The molecule has 1 saturated heterocycles. The lowest BCUT2D eigenvalue weighted by atomic mass is 9.90. The minimum atomic E-state index is -0.224. The monoisotopic (exact) mass is 477 g/mol. The Kier molecular flexibility index (Phi) is 5.66. The quantitative estimate of drug-likeness (QED) is 0.321. The van der Waals surface area contributed by atoms with Gasteiger partial charge in [-0.1, -0.05) is 18.2 Å². The number of hydrogen-bond donors (Lipinski definition) is 0. The molecule has 0 spiro atoms. The number of likely N-dealkylation sites (tertiary alicyclic amines) is 1. The van der Waals surface area contributed by atoms with Gasteiger partial charge in [-0.05, 0) is 97.3 Å². The Labute approximate surface area is 210 Å². The Hall–Kier alpha value is -3.82. The van der Waals surface area contributed by atoms with E-state index < -0.39 is 0 Å². The van der Waals surface area contributed by atoms with E-state index in [1.54, 1.807) is 12.4 Å². The van der Waals surface area contributed by atoms with Gasteiger partial charge >= 0.3 is 0 Å². The molecule has 4 aromatic rings. The van der Waals surface area contributed by atoms with E-state index in [2.05, 4.69) is 55.6 Å². The van der Waals surface area contributed by atoms with E-state index in [0.29, 0.717) is 5.92 Å². The number of hydrogen-bond acceptors (Lipinski definition) is 3. The molecule has 180 valence electrons. The van der Waals surface area contributed by atoms with Gasteiger partial charge in [0.2, 0.25) is 0 Å². The molecular weight excluding hydrogens is 449 g/mol. The first-order chi connectivity index (χ1) is 17.5. The summed E-state index contributed by atoms with van der Waals surface area (Å²) in [6.45, 7) is 14.5. The Morgan fingerprint density at radius 3 is 2.75 bits per heavy atom. The van der Waals surface area contributed by atoms with E-state index in [1.165, 1.54) is 33.9 Å². The van der Waals surface area contributed by atoms with Crippen LogP contribution in [0.1, 0.15) is 52.1 Å². The predicted molar refractivity (Wildman–Crippen MR) is 140 cm³/mol. The Balaban J connectivity index is 1.22. The van der Waals surface area contributed by atoms with Gasteiger partial charge in [-0.3, -0.25) is 4.90 Å². The highest BCUT2D eigenvalue weighted by molar-refractivity contribution is 5.81. The van der Waals surface area contributed by atoms with Crippen LogP contribution < -0.4 is 0 Å². The predicted octanol–water partition coefficient (Wildman–Crippen LogP) is 6.37. The third-order valence-corrected chi connectivity index (χ3v) is 7.88. The number of aryl methyl sites for hydroxylation is 1. The number of allylic oxidation sites excluding steroid dienone is 1. The lowest BCUT2D eigenvalue weighted by Crippen LogP contribution is -2.32. The van der Waals surface area contributed by atoms with Crippen LogP contribution in [-0.4, -0.2) is 32.5 Å². The third kappa shape index (κ3) is 3.90. The summed E-state index contributed by atoms with van der Waals surface area (Å²) in [7, 11) is 0. The van der Waals surface area contributed by atoms with Gasteiger partial charge in [0.05, 0.1) is 23.8 Å². The summed E-state index contributed by atoms with van der Waals surface area (Å²) in [5.41, 5.74) is 11.1. The van der Waals surface area contributed by atoms with Crippen molar-refractivity contribution in [3.8, 4) is 5.69 Å². The van der Waals surface area contributed by atoms with Crippen LogP contribution in [0.3, 0.4) is 0 Å². The highest BCUT2D eigenvalue weighted by atomic mass is 19.1. The molecule has 2 aliphatic rings. The molecule has 5 nitrogen and oxygen atoms in total. The van der Waals surface area contributed by atoms with E-state index in [9.17, 15) is 4.39 Å². The molecule has 36 heavy (non-hydrogen) atoms. The number of aromatic nitrogens is 3. The minimum absolute atomic E-state index is 0.224. The fraction of sp³-hybridized carbons (Fsp3) is 0.300. The van der Waals surface area contributed by atoms with Crippen LogP contribution in [0.4, 0.5) is 4.39 Å². The summed E-state index contributed by atoms with van der Waals surface area (Å²) in [5, 5.41) is 0. The molecule has 6 rings (SSSR count). The van der Waals surface area contributed by atoms with Gasteiger partial charge in [-0.15, -0.1) is 0 Å². The molecule has 0 radical (unpaired) electrons. The van der Waals surface area contributed by atoms with Crippen molar-refractivity contribution in [2.75, 3.05) is 13.1 Å². The fourth-order valence-electron chi connectivity index (χ4n) is 5.86. The molecule has 2 aromatic carbocycles. The molecule has 0 atom stereocenters. The van der Waals surface area contributed by atoms with E-state index >= 15 is 0 Å². The number of halogens is 1. The van der Waals surface area contributed by atoms with Gasteiger partial charge in [0, 0.05) is 24.8 Å². The topological polar surface area (TPSA) is 38.3 Å². The van der Waals surface area contributed by atoms with Crippen LogP contribution in [-0.2, 0) is 13.0 Å². The molecule has 1 aliphatic carbocycles. The lowest BCUT2D eigenvalue weighted by molar-refractivity contribution is 0.204. The van der Waals surface area contributed by atoms with Crippen molar-refractivity contribution in [2.24, 2.45) is 0 Å². The molecule has 3 heterocycles. The van der Waals surface area contributed by atoms with Crippen molar-refractivity contribution in [1.82, 2.24) is 19.4 Å². The maximum absolute atomic E-state index is 13.7. The first-order valence-corrected chi connectivity index (χ1v) is 12.5. The summed E-state index contributed by atoms with van der Waals surface area (Å²) in [4.78, 5) is 15.1. The van der Waals surface area contributed by atoms with Gasteiger partial charge in [0.25, 0.3) is 0 Å². The molecule has 0 N–H and O–H groups in total. The highest BCUT2D eigenvalue weighted by Crippen LogP contribution is 2.36. The van der Waals surface area contributed by atoms with Crippen LogP contribution in [0.15, 0.2) is 54.7 Å². The van der Waals surface area contributed by atoms with E-state index in [1.807, 2.05) is 19.2 Å². The highest BCUT2D eigenvalue weighted by Gasteiger charge is 2.26.